The first kappa shape index (κ1) is 19.7. The van der Waals surface area contributed by atoms with Gasteiger partial charge in [0, 0.05) is 31.8 Å². The average molecular weight is 382 g/mol. The first-order valence-electron chi connectivity index (χ1n) is 9.30. The SMILES string of the molecule is COc1ccc(N2CC(C(=O)N(C)C(C)c3ccccc3)CC2=O)cc1OC. The van der Waals surface area contributed by atoms with Crippen molar-refractivity contribution in [2.24, 2.45) is 5.92 Å². The number of carbonyl (C=O) groups excluding carboxylic acids is 2. The van der Waals surface area contributed by atoms with Gasteiger partial charge in [0.1, 0.15) is 0 Å². The Hall–Kier alpha value is -3.02. The molecule has 0 radical (unpaired) electrons. The number of rotatable bonds is 6. The monoisotopic (exact) mass is 382 g/mol. The summed E-state index contributed by atoms with van der Waals surface area (Å²) in [6.07, 6.45) is 0.207. The Morgan fingerprint density at radius 1 is 1.11 bits per heavy atom. The van der Waals surface area contributed by atoms with Crippen LogP contribution in [0.2, 0.25) is 0 Å². The van der Waals surface area contributed by atoms with Crippen LogP contribution in [0.15, 0.2) is 48.5 Å². The van der Waals surface area contributed by atoms with Crippen LogP contribution in [0.4, 0.5) is 5.69 Å². The molecule has 1 saturated heterocycles. The Morgan fingerprint density at radius 2 is 1.79 bits per heavy atom. The fourth-order valence-corrected chi connectivity index (χ4v) is 3.55. The summed E-state index contributed by atoms with van der Waals surface area (Å²) >= 11 is 0. The smallest absolute Gasteiger partial charge is 0.228 e. The van der Waals surface area contributed by atoms with Crippen molar-refractivity contribution >= 4 is 17.5 Å². The van der Waals surface area contributed by atoms with Gasteiger partial charge >= 0.3 is 0 Å². The van der Waals surface area contributed by atoms with Gasteiger partial charge in [0.2, 0.25) is 11.8 Å². The van der Waals surface area contributed by atoms with Crippen molar-refractivity contribution in [2.75, 3.05) is 32.7 Å². The van der Waals surface area contributed by atoms with Crippen LogP contribution in [0, 0.1) is 5.92 Å². The fourth-order valence-electron chi connectivity index (χ4n) is 3.55. The molecular formula is C22H26N2O4. The van der Waals surface area contributed by atoms with Crippen LogP contribution in [0.1, 0.15) is 24.9 Å². The lowest BCUT2D eigenvalue weighted by Crippen LogP contribution is -2.36. The maximum atomic E-state index is 13.0. The summed E-state index contributed by atoms with van der Waals surface area (Å²) in [6, 6.07) is 15.2. The van der Waals surface area contributed by atoms with Crippen LogP contribution in [-0.4, -0.2) is 44.5 Å². The molecule has 2 aromatic carbocycles. The maximum Gasteiger partial charge on any atom is 0.228 e. The van der Waals surface area contributed by atoms with Crippen LogP contribution in [-0.2, 0) is 9.59 Å². The van der Waals surface area contributed by atoms with E-state index in [1.807, 2.05) is 43.3 Å². The van der Waals surface area contributed by atoms with Gasteiger partial charge in [0.05, 0.1) is 26.2 Å². The molecule has 0 N–H and O–H groups in total. The van der Waals surface area contributed by atoms with Crippen molar-refractivity contribution in [2.45, 2.75) is 19.4 Å². The molecule has 0 bridgehead atoms. The van der Waals surface area contributed by atoms with E-state index in [-0.39, 0.29) is 30.2 Å². The van der Waals surface area contributed by atoms with Crippen molar-refractivity contribution in [3.05, 3.63) is 54.1 Å². The van der Waals surface area contributed by atoms with E-state index in [2.05, 4.69) is 0 Å². The van der Waals surface area contributed by atoms with E-state index < -0.39 is 0 Å². The third-order valence-electron chi connectivity index (χ3n) is 5.36. The molecular weight excluding hydrogens is 356 g/mol. The zero-order chi connectivity index (χ0) is 20.3. The summed E-state index contributed by atoms with van der Waals surface area (Å²) in [4.78, 5) is 29.0. The fraction of sp³-hybridized carbons (Fsp3) is 0.364. The lowest BCUT2D eigenvalue weighted by Gasteiger charge is -2.28. The summed E-state index contributed by atoms with van der Waals surface area (Å²) < 4.78 is 10.6. The first-order chi connectivity index (χ1) is 13.5. The zero-order valence-corrected chi connectivity index (χ0v) is 16.7. The number of methoxy groups -OCH3 is 2. The molecule has 0 aromatic heterocycles. The molecule has 0 saturated carbocycles. The van der Waals surface area contributed by atoms with Crippen LogP contribution >= 0.6 is 0 Å². The van der Waals surface area contributed by atoms with Gasteiger partial charge < -0.3 is 19.3 Å². The van der Waals surface area contributed by atoms with Crippen LogP contribution < -0.4 is 14.4 Å². The molecule has 3 rings (SSSR count). The highest BCUT2D eigenvalue weighted by Crippen LogP contribution is 2.34. The number of benzene rings is 2. The molecule has 2 unspecified atom stereocenters. The molecule has 6 heteroatoms. The summed E-state index contributed by atoms with van der Waals surface area (Å²) in [5.41, 5.74) is 1.77. The maximum absolute atomic E-state index is 13.0. The lowest BCUT2D eigenvalue weighted by molar-refractivity contribution is -0.136. The largest absolute Gasteiger partial charge is 0.493 e. The molecule has 0 aliphatic carbocycles. The van der Waals surface area contributed by atoms with E-state index >= 15 is 0 Å². The number of hydrogen-bond donors (Lipinski definition) is 0. The molecule has 2 atom stereocenters. The van der Waals surface area contributed by atoms with Gasteiger partial charge in [0.25, 0.3) is 0 Å². The molecule has 1 aliphatic heterocycles. The van der Waals surface area contributed by atoms with Crippen LogP contribution in [0.5, 0.6) is 11.5 Å². The second-order valence-corrected chi connectivity index (χ2v) is 6.98. The number of hydrogen-bond acceptors (Lipinski definition) is 4. The number of anilines is 1. The number of ether oxygens (including phenoxy) is 2. The summed E-state index contributed by atoms with van der Waals surface area (Å²) in [7, 11) is 4.92. The second kappa shape index (κ2) is 8.33. The Balaban J connectivity index is 1.74. The molecule has 6 nitrogen and oxygen atoms in total. The van der Waals surface area contributed by atoms with Gasteiger partial charge in [-0.3, -0.25) is 9.59 Å². The highest BCUT2D eigenvalue weighted by atomic mass is 16.5. The highest BCUT2D eigenvalue weighted by Gasteiger charge is 2.37. The van der Waals surface area contributed by atoms with Gasteiger partial charge in [-0.2, -0.15) is 0 Å². The Morgan fingerprint density at radius 3 is 2.43 bits per heavy atom. The molecule has 2 amide bonds. The number of carbonyl (C=O) groups is 2. The van der Waals surface area contributed by atoms with Crippen molar-refractivity contribution < 1.29 is 19.1 Å². The minimum atomic E-state index is -0.364. The lowest BCUT2D eigenvalue weighted by atomic mass is 10.0. The van der Waals surface area contributed by atoms with Crippen molar-refractivity contribution in [1.82, 2.24) is 4.90 Å². The molecule has 28 heavy (non-hydrogen) atoms. The first-order valence-corrected chi connectivity index (χ1v) is 9.30. The van der Waals surface area contributed by atoms with E-state index in [9.17, 15) is 9.59 Å². The Bertz CT molecular complexity index is 853. The van der Waals surface area contributed by atoms with Gasteiger partial charge in [-0.1, -0.05) is 30.3 Å². The Labute approximate surface area is 165 Å². The van der Waals surface area contributed by atoms with Crippen molar-refractivity contribution in [3.63, 3.8) is 0 Å². The van der Waals surface area contributed by atoms with Crippen molar-refractivity contribution in [3.8, 4) is 11.5 Å². The third-order valence-corrected chi connectivity index (χ3v) is 5.36. The third kappa shape index (κ3) is 3.81. The molecule has 2 aromatic rings. The van der Waals surface area contributed by atoms with E-state index in [4.69, 9.17) is 9.47 Å². The van der Waals surface area contributed by atoms with Gasteiger partial charge in [-0.25, -0.2) is 0 Å². The minimum absolute atomic E-state index is 0.0207. The zero-order valence-electron chi connectivity index (χ0n) is 16.7. The molecule has 1 fully saturated rings. The van der Waals surface area contributed by atoms with Crippen LogP contribution in [0.3, 0.4) is 0 Å². The summed E-state index contributed by atoms with van der Waals surface area (Å²) in [5, 5.41) is 0. The quantitative estimate of drug-likeness (QED) is 0.769. The average Bonchev–Trinajstić information content (AvgIpc) is 3.13. The highest BCUT2D eigenvalue weighted by molar-refractivity contribution is 6.00. The van der Waals surface area contributed by atoms with E-state index in [0.717, 1.165) is 5.56 Å². The van der Waals surface area contributed by atoms with Gasteiger partial charge in [-0.15, -0.1) is 0 Å². The molecule has 148 valence electrons. The van der Waals surface area contributed by atoms with Crippen molar-refractivity contribution in [1.29, 1.82) is 0 Å². The van der Waals surface area contributed by atoms with Gasteiger partial charge in [0.15, 0.2) is 11.5 Å². The predicted molar refractivity (Wildman–Crippen MR) is 108 cm³/mol. The number of amides is 2. The van der Waals surface area contributed by atoms with Gasteiger partial charge in [-0.05, 0) is 24.6 Å². The van der Waals surface area contributed by atoms with E-state index in [0.29, 0.717) is 23.7 Å². The van der Waals surface area contributed by atoms with E-state index in [1.54, 1.807) is 43.2 Å². The normalized spacial score (nSPS) is 17.4. The number of nitrogens with zero attached hydrogens (tertiary/aromatic N) is 2. The van der Waals surface area contributed by atoms with Crippen LogP contribution in [0.25, 0.3) is 0 Å². The standard InChI is InChI=1S/C22H26N2O4/c1-15(16-8-6-5-7-9-16)23(2)22(26)17-12-21(25)24(14-17)18-10-11-19(27-3)20(13-18)28-4/h5-11,13,15,17H,12,14H2,1-4H3. The Kier molecular flexibility index (Phi) is 5.87. The predicted octanol–water partition coefficient (Wildman–Crippen LogP) is 3.28. The minimum Gasteiger partial charge on any atom is -0.493 e. The summed E-state index contributed by atoms with van der Waals surface area (Å²) in [5.74, 6) is 0.704. The topological polar surface area (TPSA) is 59.1 Å². The second-order valence-electron chi connectivity index (χ2n) is 6.98. The van der Waals surface area contributed by atoms with E-state index in [1.165, 1.54) is 0 Å². The molecule has 0 spiro atoms. The molecule has 1 aliphatic rings. The molecule has 1 heterocycles. The summed E-state index contributed by atoms with van der Waals surface area (Å²) in [6.45, 7) is 2.36.